The van der Waals surface area contributed by atoms with Crippen LogP contribution in [0.15, 0.2) is 24.3 Å². The molecule has 1 aromatic rings. The van der Waals surface area contributed by atoms with Gasteiger partial charge < -0.3 is 0 Å². The molecular formula is C11H14OS. The predicted molar refractivity (Wildman–Crippen MR) is 58.3 cm³/mol. The van der Waals surface area contributed by atoms with Gasteiger partial charge >= 0.3 is 0 Å². The summed E-state index contributed by atoms with van der Waals surface area (Å²) in [6.07, 6.45) is 0. The van der Waals surface area contributed by atoms with E-state index >= 15 is 0 Å². The molecule has 70 valence electrons. The molecule has 0 spiro atoms. The van der Waals surface area contributed by atoms with Crippen LogP contribution in [-0.2, 0) is 5.75 Å². The summed E-state index contributed by atoms with van der Waals surface area (Å²) in [5, 5.41) is 0. The van der Waals surface area contributed by atoms with E-state index in [0.29, 0.717) is 0 Å². The topological polar surface area (TPSA) is 17.1 Å². The molecule has 13 heavy (non-hydrogen) atoms. The zero-order chi connectivity index (χ0) is 9.68. The smallest absolute Gasteiger partial charge is 0.160 e. The number of hydrogen-bond acceptors (Lipinski definition) is 2. The van der Waals surface area contributed by atoms with Gasteiger partial charge in [-0.2, -0.15) is 11.8 Å². The number of hydrogen-bond donors (Lipinski definition) is 0. The van der Waals surface area contributed by atoms with E-state index in [9.17, 15) is 4.79 Å². The molecule has 1 aromatic carbocycles. The van der Waals surface area contributed by atoms with Gasteiger partial charge in [-0.25, -0.2) is 0 Å². The summed E-state index contributed by atoms with van der Waals surface area (Å²) in [5.74, 6) is 2.19. The van der Waals surface area contributed by atoms with Gasteiger partial charge in [0.25, 0.3) is 0 Å². The monoisotopic (exact) mass is 194 g/mol. The molecule has 0 atom stereocenters. The van der Waals surface area contributed by atoms with E-state index in [4.69, 9.17) is 0 Å². The van der Waals surface area contributed by atoms with Crippen molar-refractivity contribution in [3.8, 4) is 0 Å². The summed E-state index contributed by atoms with van der Waals surface area (Å²) in [4.78, 5) is 11.2. The molecule has 1 nitrogen and oxygen atoms in total. The Hall–Kier alpha value is -0.760. The number of rotatable bonds is 4. The third-order valence-corrected chi connectivity index (χ3v) is 2.78. The Kier molecular flexibility index (Phi) is 4.03. The summed E-state index contributed by atoms with van der Waals surface area (Å²) < 4.78 is 0. The number of thioether (sulfide) groups is 1. The number of carbonyl (C=O) groups is 1. The van der Waals surface area contributed by atoms with Crippen molar-refractivity contribution in [2.24, 2.45) is 0 Å². The Morgan fingerprint density at radius 1 is 1.38 bits per heavy atom. The first-order chi connectivity index (χ1) is 6.25. The largest absolute Gasteiger partial charge is 0.295 e. The zero-order valence-electron chi connectivity index (χ0n) is 8.04. The average Bonchev–Trinajstić information content (AvgIpc) is 2.15. The van der Waals surface area contributed by atoms with Crippen LogP contribution in [0.25, 0.3) is 0 Å². The molecule has 0 N–H and O–H groups in total. The van der Waals surface area contributed by atoms with Crippen LogP contribution in [0.2, 0.25) is 0 Å². The molecule has 0 fully saturated rings. The summed E-state index contributed by atoms with van der Waals surface area (Å²) in [5.41, 5.74) is 2.02. The Labute approximate surface area is 83.5 Å². The van der Waals surface area contributed by atoms with E-state index in [1.165, 1.54) is 0 Å². The van der Waals surface area contributed by atoms with Gasteiger partial charge in [-0.1, -0.05) is 31.2 Å². The first-order valence-corrected chi connectivity index (χ1v) is 5.57. The second kappa shape index (κ2) is 5.07. The van der Waals surface area contributed by atoms with Gasteiger partial charge in [-0.15, -0.1) is 0 Å². The number of Topliss-reactive ketones (excluding diaryl/α,β-unsaturated/α-hetero) is 1. The molecule has 0 saturated heterocycles. The Balaban J connectivity index is 2.84. The van der Waals surface area contributed by atoms with E-state index in [-0.39, 0.29) is 5.78 Å². The Bertz CT molecular complexity index is 294. The van der Waals surface area contributed by atoms with Crippen LogP contribution in [0.4, 0.5) is 0 Å². The van der Waals surface area contributed by atoms with Gasteiger partial charge in [-0.3, -0.25) is 4.79 Å². The van der Waals surface area contributed by atoms with Gasteiger partial charge in [0.15, 0.2) is 5.78 Å². The van der Waals surface area contributed by atoms with Crippen molar-refractivity contribution in [2.45, 2.75) is 19.6 Å². The molecule has 0 amide bonds. The first-order valence-electron chi connectivity index (χ1n) is 4.42. The molecule has 0 aliphatic heterocycles. The van der Waals surface area contributed by atoms with Crippen molar-refractivity contribution in [3.05, 3.63) is 35.4 Å². The quantitative estimate of drug-likeness (QED) is 0.685. The van der Waals surface area contributed by atoms with E-state index in [0.717, 1.165) is 22.6 Å². The Morgan fingerprint density at radius 3 is 2.69 bits per heavy atom. The lowest BCUT2D eigenvalue weighted by atomic mass is 10.1. The van der Waals surface area contributed by atoms with Crippen molar-refractivity contribution in [1.82, 2.24) is 0 Å². The van der Waals surface area contributed by atoms with E-state index in [2.05, 4.69) is 6.92 Å². The van der Waals surface area contributed by atoms with Crippen LogP contribution in [0.5, 0.6) is 0 Å². The minimum atomic E-state index is 0.160. The molecule has 0 bridgehead atoms. The molecule has 0 aromatic heterocycles. The van der Waals surface area contributed by atoms with Gasteiger partial charge in [0.2, 0.25) is 0 Å². The SMILES string of the molecule is CCSCc1ccccc1C(C)=O. The van der Waals surface area contributed by atoms with Gasteiger partial charge in [-0.05, 0) is 18.2 Å². The van der Waals surface area contributed by atoms with Gasteiger partial charge in [0, 0.05) is 11.3 Å². The fourth-order valence-electron chi connectivity index (χ4n) is 1.20. The molecular weight excluding hydrogens is 180 g/mol. The van der Waals surface area contributed by atoms with E-state index in [1.807, 2.05) is 36.0 Å². The molecule has 2 heteroatoms. The summed E-state index contributed by atoms with van der Waals surface area (Å²) in [6, 6.07) is 7.82. The average molecular weight is 194 g/mol. The van der Waals surface area contributed by atoms with Crippen LogP contribution in [0.1, 0.15) is 29.8 Å². The summed E-state index contributed by atoms with van der Waals surface area (Å²) in [7, 11) is 0. The highest BCUT2D eigenvalue weighted by molar-refractivity contribution is 7.98. The van der Waals surface area contributed by atoms with Crippen molar-refractivity contribution in [2.75, 3.05) is 5.75 Å². The highest BCUT2D eigenvalue weighted by atomic mass is 32.2. The summed E-state index contributed by atoms with van der Waals surface area (Å²) >= 11 is 1.84. The van der Waals surface area contributed by atoms with Gasteiger partial charge in [0.05, 0.1) is 0 Å². The van der Waals surface area contributed by atoms with Gasteiger partial charge in [0.1, 0.15) is 0 Å². The Morgan fingerprint density at radius 2 is 2.08 bits per heavy atom. The maximum atomic E-state index is 11.2. The number of carbonyl (C=O) groups excluding carboxylic acids is 1. The lowest BCUT2D eigenvalue weighted by molar-refractivity contribution is 0.101. The molecule has 0 radical (unpaired) electrons. The highest BCUT2D eigenvalue weighted by Gasteiger charge is 2.04. The maximum Gasteiger partial charge on any atom is 0.160 e. The lowest BCUT2D eigenvalue weighted by Crippen LogP contribution is -1.97. The second-order valence-electron chi connectivity index (χ2n) is 2.85. The molecule has 0 unspecified atom stereocenters. The molecule has 1 rings (SSSR count). The van der Waals surface area contributed by atoms with Crippen molar-refractivity contribution in [3.63, 3.8) is 0 Å². The van der Waals surface area contributed by atoms with Crippen LogP contribution >= 0.6 is 11.8 Å². The lowest BCUT2D eigenvalue weighted by Gasteiger charge is -2.04. The maximum absolute atomic E-state index is 11.2. The van der Waals surface area contributed by atoms with Crippen LogP contribution < -0.4 is 0 Å². The highest BCUT2D eigenvalue weighted by Crippen LogP contribution is 2.16. The first kappa shape index (κ1) is 10.3. The normalized spacial score (nSPS) is 10.0. The number of ketones is 1. The molecule has 0 saturated carbocycles. The third-order valence-electron chi connectivity index (χ3n) is 1.86. The molecule has 0 aliphatic carbocycles. The fourth-order valence-corrected chi connectivity index (χ4v) is 1.88. The standard InChI is InChI=1S/C11H14OS/c1-3-13-8-10-6-4-5-7-11(10)9(2)12/h4-7H,3,8H2,1-2H3. The van der Waals surface area contributed by atoms with Crippen LogP contribution in [0.3, 0.4) is 0 Å². The third kappa shape index (κ3) is 2.88. The molecule has 0 heterocycles. The van der Waals surface area contributed by atoms with Crippen molar-refractivity contribution in [1.29, 1.82) is 0 Å². The van der Waals surface area contributed by atoms with Crippen molar-refractivity contribution >= 4 is 17.5 Å². The van der Waals surface area contributed by atoms with Crippen LogP contribution in [-0.4, -0.2) is 11.5 Å². The van der Waals surface area contributed by atoms with E-state index in [1.54, 1.807) is 6.92 Å². The van der Waals surface area contributed by atoms with Crippen molar-refractivity contribution < 1.29 is 4.79 Å². The predicted octanol–water partition coefficient (Wildman–Crippen LogP) is 3.14. The van der Waals surface area contributed by atoms with Crippen LogP contribution in [0, 0.1) is 0 Å². The molecule has 0 aliphatic rings. The second-order valence-corrected chi connectivity index (χ2v) is 4.12. The number of benzene rings is 1. The fraction of sp³-hybridized carbons (Fsp3) is 0.364. The zero-order valence-corrected chi connectivity index (χ0v) is 8.86. The minimum absolute atomic E-state index is 0.160. The minimum Gasteiger partial charge on any atom is -0.295 e. The summed E-state index contributed by atoms with van der Waals surface area (Å²) in [6.45, 7) is 3.75. The van der Waals surface area contributed by atoms with E-state index < -0.39 is 0 Å².